The van der Waals surface area contributed by atoms with Gasteiger partial charge in [0.1, 0.15) is 0 Å². The van der Waals surface area contributed by atoms with Crippen LogP contribution in [-0.4, -0.2) is 41.9 Å². The highest BCUT2D eigenvalue weighted by Crippen LogP contribution is 2.30. The zero-order valence-electron chi connectivity index (χ0n) is 16.1. The van der Waals surface area contributed by atoms with E-state index in [1.165, 1.54) is 5.56 Å². The molecule has 5 heteroatoms. The van der Waals surface area contributed by atoms with Gasteiger partial charge in [0.05, 0.1) is 0 Å². The van der Waals surface area contributed by atoms with Crippen molar-refractivity contribution in [3.8, 4) is 0 Å². The Balaban J connectivity index is 1.65. The van der Waals surface area contributed by atoms with Crippen LogP contribution in [-0.2, 0) is 6.42 Å². The molecule has 1 amide bonds. The molecule has 1 aliphatic heterocycles. The van der Waals surface area contributed by atoms with Crippen LogP contribution in [0.5, 0.6) is 0 Å². The number of aryl methyl sites for hydroxylation is 1. The van der Waals surface area contributed by atoms with Crippen molar-refractivity contribution in [3.63, 3.8) is 0 Å². The van der Waals surface area contributed by atoms with Crippen LogP contribution in [0.1, 0.15) is 46.8 Å². The van der Waals surface area contributed by atoms with E-state index in [1.807, 2.05) is 36.2 Å². The third kappa shape index (κ3) is 4.08. The quantitative estimate of drug-likeness (QED) is 0.786. The van der Waals surface area contributed by atoms with E-state index in [9.17, 15) is 4.79 Å². The number of fused-ring (bicyclic) bond motifs is 1. The normalized spacial score (nSPS) is 20.7. The zero-order valence-corrected chi connectivity index (χ0v) is 16.1. The second kappa shape index (κ2) is 8.44. The second-order valence-corrected chi connectivity index (χ2v) is 7.38. The van der Waals surface area contributed by atoms with Gasteiger partial charge in [0.15, 0.2) is 0 Å². The maximum atomic E-state index is 13.0. The molecule has 0 saturated carbocycles. The third-order valence-electron chi connectivity index (χ3n) is 5.77. The predicted molar refractivity (Wildman–Crippen MR) is 110 cm³/mol. The molecule has 0 bridgehead atoms. The molecule has 4 N–H and O–H groups in total. The first-order valence-electron chi connectivity index (χ1n) is 9.66. The van der Waals surface area contributed by atoms with Gasteiger partial charge < -0.3 is 21.3 Å². The molecule has 27 heavy (non-hydrogen) atoms. The summed E-state index contributed by atoms with van der Waals surface area (Å²) >= 11 is 0. The molecule has 1 aromatic carbocycles. The minimum absolute atomic E-state index is 0.0620. The van der Waals surface area contributed by atoms with Crippen LogP contribution >= 0.6 is 0 Å². The van der Waals surface area contributed by atoms with Gasteiger partial charge in [-0.05, 0) is 67.3 Å². The van der Waals surface area contributed by atoms with Crippen molar-refractivity contribution in [1.29, 1.82) is 0 Å². The zero-order chi connectivity index (χ0) is 19.4. The summed E-state index contributed by atoms with van der Waals surface area (Å²) in [5.41, 5.74) is 15.9. The number of carbonyl (C=O) groups excluding carboxylic acids is 1. The van der Waals surface area contributed by atoms with Crippen molar-refractivity contribution < 1.29 is 4.79 Å². The number of amides is 1. The minimum atomic E-state index is 0.0620. The van der Waals surface area contributed by atoms with Crippen LogP contribution in [0.2, 0.25) is 0 Å². The minimum Gasteiger partial charge on any atom is -0.405 e. The number of carbonyl (C=O) groups is 1. The summed E-state index contributed by atoms with van der Waals surface area (Å²) in [6, 6.07) is 6.31. The van der Waals surface area contributed by atoms with Crippen molar-refractivity contribution >= 4 is 5.91 Å². The summed E-state index contributed by atoms with van der Waals surface area (Å²) in [5.74, 6) is 0.0825. The van der Waals surface area contributed by atoms with Gasteiger partial charge in [-0.25, -0.2) is 0 Å². The molecule has 0 spiro atoms. The highest BCUT2D eigenvalue weighted by atomic mass is 16.2. The van der Waals surface area contributed by atoms with Gasteiger partial charge in [-0.3, -0.25) is 4.79 Å². The summed E-state index contributed by atoms with van der Waals surface area (Å²) in [6.45, 7) is 5.55. The van der Waals surface area contributed by atoms with E-state index in [1.54, 1.807) is 12.3 Å². The molecule has 1 saturated heterocycles. The molecular formula is C22H30N4O. The largest absolute Gasteiger partial charge is 0.405 e. The van der Waals surface area contributed by atoms with Gasteiger partial charge in [0.2, 0.25) is 0 Å². The lowest BCUT2D eigenvalue weighted by molar-refractivity contribution is 0.0665. The topological polar surface area (TPSA) is 75.6 Å². The molecule has 3 rings (SSSR count). The predicted octanol–water partition coefficient (Wildman–Crippen LogP) is 2.71. The van der Waals surface area contributed by atoms with E-state index in [4.69, 9.17) is 11.5 Å². The van der Waals surface area contributed by atoms with Crippen molar-refractivity contribution in [2.45, 2.75) is 37.8 Å². The average molecular weight is 367 g/mol. The second-order valence-electron chi connectivity index (χ2n) is 7.38. The molecule has 1 heterocycles. The van der Waals surface area contributed by atoms with Crippen LogP contribution in [0.4, 0.5) is 0 Å². The summed E-state index contributed by atoms with van der Waals surface area (Å²) < 4.78 is 0. The summed E-state index contributed by atoms with van der Waals surface area (Å²) in [5, 5.41) is 0. The maximum Gasteiger partial charge on any atom is 0.253 e. The summed E-state index contributed by atoms with van der Waals surface area (Å²) in [7, 11) is 1.91. The SMILES string of the molecule is C=C/C=C(\C=C/N)N1CCC(N(C)C(=O)c2ccc3c(c2)[C@H](N)CC3)CC1. The Morgan fingerprint density at radius 2 is 2.04 bits per heavy atom. The molecule has 1 atom stereocenters. The Kier molecular flexibility index (Phi) is 6.01. The number of benzene rings is 1. The molecule has 1 fully saturated rings. The van der Waals surface area contributed by atoms with Crippen LogP contribution in [0.3, 0.4) is 0 Å². The standard InChI is InChI=1S/C22H30N4O/c1-3-4-19(9-12-23)26-13-10-18(11-14-26)25(2)22(27)17-6-5-16-7-8-21(24)20(16)15-17/h3-6,9,12,15,18,21H,1,7-8,10-11,13-14,23-24H2,2H3/b12-9-,19-4+/t21-/m1/s1. The molecule has 5 nitrogen and oxygen atoms in total. The summed E-state index contributed by atoms with van der Waals surface area (Å²) in [4.78, 5) is 17.2. The number of rotatable bonds is 5. The Morgan fingerprint density at radius 3 is 2.70 bits per heavy atom. The van der Waals surface area contributed by atoms with E-state index in [0.717, 1.165) is 55.6 Å². The number of piperidine rings is 1. The number of allylic oxidation sites excluding steroid dienone is 3. The lowest BCUT2D eigenvalue weighted by Gasteiger charge is -2.38. The number of hydrogen-bond donors (Lipinski definition) is 2. The van der Waals surface area contributed by atoms with E-state index >= 15 is 0 Å². The van der Waals surface area contributed by atoms with Crippen molar-refractivity contribution in [2.24, 2.45) is 11.5 Å². The fourth-order valence-corrected chi connectivity index (χ4v) is 4.13. The molecule has 0 unspecified atom stereocenters. The molecule has 1 aliphatic carbocycles. The van der Waals surface area contributed by atoms with Crippen LogP contribution in [0.25, 0.3) is 0 Å². The van der Waals surface area contributed by atoms with Gasteiger partial charge in [0.25, 0.3) is 5.91 Å². The Bertz CT molecular complexity index is 760. The Labute approximate surface area is 162 Å². The molecule has 1 aromatic rings. The van der Waals surface area contributed by atoms with Gasteiger partial charge in [0, 0.05) is 43.5 Å². The molecule has 0 radical (unpaired) electrons. The van der Waals surface area contributed by atoms with Crippen LogP contribution in [0, 0.1) is 0 Å². The highest BCUT2D eigenvalue weighted by Gasteiger charge is 2.27. The molecule has 0 aromatic heterocycles. The maximum absolute atomic E-state index is 13.0. The molecule has 2 aliphatic rings. The molecule has 144 valence electrons. The summed E-state index contributed by atoms with van der Waals surface area (Å²) in [6.07, 6.45) is 11.0. The Hall–Kier alpha value is -2.53. The lowest BCUT2D eigenvalue weighted by atomic mass is 10.00. The third-order valence-corrected chi connectivity index (χ3v) is 5.77. The number of hydrogen-bond acceptors (Lipinski definition) is 4. The van der Waals surface area contributed by atoms with Crippen LogP contribution < -0.4 is 11.5 Å². The number of nitrogens with two attached hydrogens (primary N) is 2. The van der Waals surface area contributed by atoms with Crippen molar-refractivity contribution in [2.75, 3.05) is 20.1 Å². The van der Waals surface area contributed by atoms with E-state index in [-0.39, 0.29) is 18.0 Å². The lowest BCUT2D eigenvalue weighted by Crippen LogP contribution is -2.45. The van der Waals surface area contributed by atoms with Gasteiger partial charge in [-0.1, -0.05) is 18.7 Å². The molecular weight excluding hydrogens is 336 g/mol. The van der Waals surface area contributed by atoms with Gasteiger partial charge >= 0.3 is 0 Å². The van der Waals surface area contributed by atoms with Crippen molar-refractivity contribution in [3.05, 3.63) is 71.6 Å². The fraction of sp³-hybridized carbons (Fsp3) is 0.409. The first-order valence-corrected chi connectivity index (χ1v) is 9.66. The monoisotopic (exact) mass is 366 g/mol. The van der Waals surface area contributed by atoms with Crippen molar-refractivity contribution in [1.82, 2.24) is 9.80 Å². The first-order chi connectivity index (χ1) is 13.0. The number of likely N-dealkylation sites (tertiary alicyclic amines) is 1. The highest BCUT2D eigenvalue weighted by molar-refractivity contribution is 5.94. The van der Waals surface area contributed by atoms with Gasteiger partial charge in [-0.2, -0.15) is 0 Å². The fourth-order valence-electron chi connectivity index (χ4n) is 4.13. The number of nitrogens with zero attached hydrogens (tertiary/aromatic N) is 2. The van der Waals surface area contributed by atoms with Crippen LogP contribution in [0.15, 0.2) is 54.9 Å². The smallest absolute Gasteiger partial charge is 0.253 e. The average Bonchev–Trinajstić information content (AvgIpc) is 3.07. The first kappa shape index (κ1) is 19.2. The van der Waals surface area contributed by atoms with E-state index in [0.29, 0.717) is 0 Å². The van der Waals surface area contributed by atoms with E-state index in [2.05, 4.69) is 17.5 Å². The van der Waals surface area contributed by atoms with Gasteiger partial charge in [-0.15, -0.1) is 0 Å². The van der Waals surface area contributed by atoms with E-state index < -0.39 is 0 Å². The Morgan fingerprint density at radius 1 is 1.30 bits per heavy atom.